The number of rotatable bonds is 0. The maximum Gasteiger partial charge on any atom is 3.00 e. The van der Waals surface area contributed by atoms with Crippen LogP contribution < -0.4 is 0 Å². The van der Waals surface area contributed by atoms with Crippen LogP contribution in [-0.4, -0.2) is 132 Å². The van der Waals surface area contributed by atoms with Crippen molar-refractivity contribution < 1.29 is 22.1 Å². The molecule has 0 saturated heterocycles. The molecule has 7 heteroatoms. The normalized spacial score (nSPS) is 0. The van der Waals surface area contributed by atoms with Crippen LogP contribution in [0.2, 0.25) is 0 Å². The predicted octanol–water partition coefficient (Wildman–Crippen LogP) is -1.43. The van der Waals surface area contributed by atoms with Gasteiger partial charge in [0.2, 0.25) is 0 Å². The molecule has 0 aliphatic rings. The van der Waals surface area contributed by atoms with Crippen molar-refractivity contribution in [3.8, 4) is 0 Å². The van der Waals surface area contributed by atoms with Crippen LogP contribution in [0.3, 0.4) is 0 Å². The summed E-state index contributed by atoms with van der Waals surface area (Å²) in [6.07, 6.45) is 0. The van der Waals surface area contributed by atoms with Gasteiger partial charge in [-0.3, -0.25) is 0 Å². The summed E-state index contributed by atoms with van der Waals surface area (Å²) in [6.45, 7) is 0. The van der Waals surface area contributed by atoms with E-state index in [9.17, 15) is 0 Å². The number of hydrogen-bond donors (Lipinski definition) is 0. The van der Waals surface area contributed by atoms with Gasteiger partial charge >= 0.3 is 132 Å². The van der Waals surface area contributed by atoms with Gasteiger partial charge in [-0.05, 0) is 0 Å². The van der Waals surface area contributed by atoms with Gasteiger partial charge in [-0.1, -0.05) is 0 Å². The molecule has 0 fully saturated rings. The van der Waals surface area contributed by atoms with Gasteiger partial charge < -0.3 is 22.1 Å². The molecule has 0 unspecified atom stereocenters. The summed E-state index contributed by atoms with van der Waals surface area (Å²) >= 11 is 0. The van der Waals surface area contributed by atoms with Crippen molar-refractivity contribution in [1.82, 2.24) is 0 Å². The topological polar surface area (TPSA) is 85.5 Å². The zero-order valence-corrected chi connectivity index (χ0v) is 15.0. The van der Waals surface area contributed by atoms with E-state index in [1.807, 2.05) is 0 Å². The summed E-state index contributed by atoms with van der Waals surface area (Å²) in [5, 5.41) is 0. The van der Waals surface area contributed by atoms with Gasteiger partial charge in [-0.15, -0.1) is 0 Å². The van der Waals surface area contributed by atoms with Crippen molar-refractivity contribution >= 4 is 132 Å². The van der Waals surface area contributed by atoms with Gasteiger partial charge in [0.1, 0.15) is 0 Å². The zero-order valence-electron chi connectivity index (χ0n) is 7.79. The minimum absolute atomic E-state index is 0. The first-order chi connectivity index (χ1) is 0. The van der Waals surface area contributed by atoms with E-state index in [0.29, 0.717) is 0 Å². The molecule has 0 aromatic carbocycles. The van der Waals surface area contributed by atoms with E-state index in [-0.39, 0.29) is 155 Å². The summed E-state index contributed by atoms with van der Waals surface area (Å²) in [5.41, 5.74) is 0. The van der Waals surface area contributed by atoms with Crippen LogP contribution in [0.15, 0.2) is 0 Å². The van der Waals surface area contributed by atoms with Crippen molar-refractivity contribution in [3.05, 3.63) is 0 Å². The summed E-state index contributed by atoms with van der Waals surface area (Å²) < 4.78 is 0. The van der Waals surface area contributed by atoms with Crippen molar-refractivity contribution in [2.45, 2.75) is 0 Å². The van der Waals surface area contributed by atoms with Gasteiger partial charge in [-0.2, -0.15) is 0 Å². The Morgan fingerprint density at radius 2 is 0.571 bits per heavy atom. The average molecular weight is 381 g/mol. The molecule has 0 rings (SSSR count). The first-order valence-corrected chi connectivity index (χ1v) is 0. The maximum absolute atomic E-state index is 0. The molecule has 0 spiro atoms. The van der Waals surface area contributed by atoms with Gasteiger partial charge in [0.15, 0.2) is 0 Å². The van der Waals surface area contributed by atoms with Crippen molar-refractivity contribution in [2.24, 2.45) is 0 Å². The first-order valence-electron chi connectivity index (χ1n) is 0. The Morgan fingerprint density at radius 3 is 0.571 bits per heavy atom. The molecule has 0 bridgehead atoms. The van der Waals surface area contributed by atoms with E-state index in [1.165, 1.54) is 0 Å². The maximum atomic E-state index is 0. The molecule has 0 saturated carbocycles. The first kappa shape index (κ1) is 67.5. The minimum Gasteiger partial charge on any atom is -2.00 e. The second kappa shape index (κ2) is 49.9. The monoisotopic (exact) mass is 382 g/mol. The fourth-order valence-corrected chi connectivity index (χ4v) is 0. The fraction of sp³-hybridized carbons (Fsp3) is 0. The quantitative estimate of drug-likeness (QED) is 0.462. The molecule has 0 aromatic heterocycles. The van der Waals surface area contributed by atoms with Gasteiger partial charge in [0.05, 0.1) is 0 Å². The molecule has 0 aromatic rings. The van der Waals surface area contributed by atoms with Gasteiger partial charge in [0.25, 0.3) is 0 Å². The second-order valence-corrected chi connectivity index (χ2v) is 0. The van der Waals surface area contributed by atoms with E-state index >= 15 is 0 Å². The molecule has 0 atom stereocenters. The third-order valence-electron chi connectivity index (χ3n) is 0. The Hall–Kier alpha value is 4.09. The summed E-state index contributed by atoms with van der Waals surface area (Å²) in [6, 6.07) is 0. The molecule has 0 aliphatic heterocycles. The van der Waals surface area contributed by atoms with Gasteiger partial charge in [-0.25, -0.2) is 0 Å². The Labute approximate surface area is 151 Å². The van der Waals surface area contributed by atoms with E-state index in [2.05, 4.69) is 0 Å². The zero-order chi connectivity index (χ0) is 0. The minimum atomic E-state index is 0. The van der Waals surface area contributed by atoms with E-state index < -0.39 is 0 Å². The molecule has 0 N–H and O–H groups in total. The van der Waals surface area contributed by atoms with E-state index in [0.717, 1.165) is 0 Å². The molecule has 7 heavy (non-hydrogen) atoms. The van der Waals surface area contributed by atoms with Crippen LogP contribution in [0.25, 0.3) is 0 Å². The van der Waals surface area contributed by atoms with Crippen LogP contribution in [0, 0.1) is 0 Å². The largest absolute Gasteiger partial charge is 3.00 e. The van der Waals surface area contributed by atoms with Crippen molar-refractivity contribution in [3.63, 3.8) is 0 Å². The Bertz CT molecular complexity index is 21.3. The summed E-state index contributed by atoms with van der Waals surface area (Å²) in [4.78, 5) is 0. The smallest absolute Gasteiger partial charge is 2.00 e. The third-order valence-corrected chi connectivity index (χ3v) is 0. The Kier molecular flexibility index (Phi) is 481. The molecule has 0 amide bonds. The standard InChI is InChI=1S/2Al.2Ba.3O.4H/q2*+3;2*+2;3*-2;4*-1. The molecule has 32 valence electrons. The molecule has 0 radical (unpaired) electrons. The van der Waals surface area contributed by atoms with Crippen molar-refractivity contribution in [2.75, 3.05) is 0 Å². The molecule has 0 aliphatic carbocycles. The molecule has 3 nitrogen and oxygen atoms in total. The average Bonchev–Trinajstić information content (AvgIpc) is 0. The fourth-order valence-electron chi connectivity index (χ4n) is 0. The van der Waals surface area contributed by atoms with E-state index in [1.54, 1.807) is 0 Å². The van der Waals surface area contributed by atoms with Crippen LogP contribution in [-0.2, 0) is 16.4 Å². The number of hydrogen-bond acceptors (Lipinski definition) is 0. The Balaban J connectivity index is 0. The Morgan fingerprint density at radius 1 is 0.571 bits per heavy atom. The second-order valence-electron chi connectivity index (χ2n) is 0. The summed E-state index contributed by atoms with van der Waals surface area (Å²) in [5.74, 6) is 0. The van der Waals surface area contributed by atoms with Crippen molar-refractivity contribution in [1.29, 1.82) is 0 Å². The van der Waals surface area contributed by atoms with Crippen LogP contribution in [0.5, 0.6) is 0 Å². The predicted molar refractivity (Wildman–Crippen MR) is 29.5 cm³/mol. The van der Waals surface area contributed by atoms with Crippen LogP contribution >= 0.6 is 0 Å². The van der Waals surface area contributed by atoms with Crippen LogP contribution in [0.1, 0.15) is 5.71 Å². The van der Waals surface area contributed by atoms with E-state index in [4.69, 9.17) is 0 Å². The molecular weight excluding hydrogens is 377 g/mol. The summed E-state index contributed by atoms with van der Waals surface area (Å²) in [7, 11) is 0. The third kappa shape index (κ3) is 39.5. The SMILES string of the molecule is [Al+3].[Al+3].[Ba+2].[Ba+2].[H-].[H-].[H-].[H-].[O-2].[O-2].[O-2]. The molecule has 0 heterocycles. The molecular formula is H4Al2Ba2O3. The van der Waals surface area contributed by atoms with Crippen LogP contribution in [0.4, 0.5) is 0 Å². The van der Waals surface area contributed by atoms with Gasteiger partial charge in [0, 0.05) is 0 Å².